The summed E-state index contributed by atoms with van der Waals surface area (Å²) in [6, 6.07) is 9.20. The third-order valence-corrected chi connectivity index (χ3v) is 2.69. The minimum absolute atomic E-state index is 0.0616. The Morgan fingerprint density at radius 2 is 1.86 bits per heavy atom. The third-order valence-electron chi connectivity index (χ3n) is 2.69. The molecule has 0 aliphatic heterocycles. The largest absolute Gasteiger partial charge is 0.416 e. The maximum absolute atomic E-state index is 12.6. The second kappa shape index (κ2) is 5.82. The lowest BCUT2D eigenvalue weighted by molar-refractivity contribution is -0.137. The fourth-order valence-electron chi connectivity index (χ4n) is 1.67. The Kier molecular flexibility index (Phi) is 4.11. The molecular weight excluding hydrogens is 283 g/mol. The van der Waals surface area contributed by atoms with Gasteiger partial charge in [0, 0.05) is 12.7 Å². The van der Waals surface area contributed by atoms with E-state index in [2.05, 4.69) is 15.6 Å². The molecule has 0 aliphatic carbocycles. The lowest BCUT2D eigenvalue weighted by atomic mass is 10.2. The van der Waals surface area contributed by atoms with Crippen LogP contribution in [0.25, 0.3) is 0 Å². The molecule has 1 aromatic carbocycles. The van der Waals surface area contributed by atoms with E-state index in [-0.39, 0.29) is 11.4 Å². The summed E-state index contributed by atoms with van der Waals surface area (Å²) in [5.74, 6) is -0.0851. The summed E-state index contributed by atoms with van der Waals surface area (Å²) in [4.78, 5) is 16.0. The molecule has 21 heavy (non-hydrogen) atoms. The Labute approximate surface area is 119 Å². The first-order valence-electron chi connectivity index (χ1n) is 6.03. The molecule has 1 amide bonds. The van der Waals surface area contributed by atoms with E-state index in [1.807, 2.05) is 0 Å². The lowest BCUT2D eigenvalue weighted by Crippen LogP contribution is -2.15. The van der Waals surface area contributed by atoms with Crippen molar-refractivity contribution in [1.29, 1.82) is 0 Å². The molecule has 0 aliphatic rings. The quantitative estimate of drug-likeness (QED) is 0.912. The Balaban J connectivity index is 2.19. The molecule has 2 N–H and O–H groups in total. The number of nitrogens with one attached hydrogen (secondary N) is 2. The third kappa shape index (κ3) is 3.71. The van der Waals surface area contributed by atoms with Crippen LogP contribution in [0, 0.1) is 0 Å². The minimum Gasteiger partial charge on any atom is -0.373 e. The highest BCUT2D eigenvalue weighted by atomic mass is 19.4. The van der Waals surface area contributed by atoms with Gasteiger partial charge in [0.15, 0.2) is 0 Å². The molecule has 4 nitrogen and oxygen atoms in total. The van der Waals surface area contributed by atoms with Gasteiger partial charge in [0.05, 0.1) is 5.56 Å². The molecule has 0 bridgehead atoms. The molecule has 0 unspecified atom stereocenters. The number of carbonyl (C=O) groups excluding carboxylic acids is 1. The van der Waals surface area contributed by atoms with Crippen LogP contribution in [0.1, 0.15) is 16.1 Å². The van der Waals surface area contributed by atoms with Gasteiger partial charge in [-0.15, -0.1) is 0 Å². The van der Waals surface area contributed by atoms with Crippen LogP contribution in [0.4, 0.5) is 24.7 Å². The maximum Gasteiger partial charge on any atom is 0.416 e. The summed E-state index contributed by atoms with van der Waals surface area (Å²) < 4.78 is 37.8. The predicted octanol–water partition coefficient (Wildman–Crippen LogP) is 3.39. The van der Waals surface area contributed by atoms with Crippen molar-refractivity contribution >= 4 is 17.4 Å². The van der Waals surface area contributed by atoms with Gasteiger partial charge in [-0.05, 0) is 30.3 Å². The fraction of sp³-hybridized carbons (Fsp3) is 0.143. The molecule has 2 rings (SSSR count). The van der Waals surface area contributed by atoms with Gasteiger partial charge in [0.25, 0.3) is 5.91 Å². The van der Waals surface area contributed by atoms with Gasteiger partial charge in [0.1, 0.15) is 11.5 Å². The minimum atomic E-state index is -4.45. The zero-order valence-electron chi connectivity index (χ0n) is 11.0. The first kappa shape index (κ1) is 14.8. The number of halogens is 3. The van der Waals surface area contributed by atoms with Crippen LogP contribution in [0.5, 0.6) is 0 Å². The first-order valence-corrected chi connectivity index (χ1v) is 6.03. The first-order chi connectivity index (χ1) is 9.90. The Morgan fingerprint density at radius 3 is 2.52 bits per heavy atom. The molecule has 2 aromatic rings. The highest BCUT2D eigenvalue weighted by Gasteiger charge is 2.30. The van der Waals surface area contributed by atoms with E-state index in [0.717, 1.165) is 12.1 Å². The number of aromatic nitrogens is 1. The number of alkyl halides is 3. The molecule has 0 spiro atoms. The van der Waals surface area contributed by atoms with Crippen molar-refractivity contribution < 1.29 is 18.0 Å². The van der Waals surface area contributed by atoms with E-state index < -0.39 is 17.6 Å². The summed E-state index contributed by atoms with van der Waals surface area (Å²) in [5.41, 5.74) is -0.650. The molecule has 110 valence electrons. The second-order valence-corrected chi connectivity index (χ2v) is 4.19. The summed E-state index contributed by atoms with van der Waals surface area (Å²) >= 11 is 0. The highest BCUT2D eigenvalue weighted by molar-refractivity contribution is 6.03. The van der Waals surface area contributed by atoms with Crippen molar-refractivity contribution in [3.8, 4) is 0 Å². The van der Waals surface area contributed by atoms with Crippen LogP contribution in [-0.4, -0.2) is 17.9 Å². The number of hydrogen-bond donors (Lipinski definition) is 2. The summed E-state index contributed by atoms with van der Waals surface area (Å²) in [5, 5.41) is 5.17. The molecule has 0 saturated carbocycles. The van der Waals surface area contributed by atoms with Gasteiger partial charge < -0.3 is 10.6 Å². The van der Waals surface area contributed by atoms with E-state index in [0.29, 0.717) is 5.82 Å². The van der Waals surface area contributed by atoms with Gasteiger partial charge in [-0.25, -0.2) is 4.98 Å². The van der Waals surface area contributed by atoms with Crippen LogP contribution in [0.3, 0.4) is 0 Å². The normalized spacial score (nSPS) is 11.0. The Hall–Kier alpha value is -2.57. The van der Waals surface area contributed by atoms with Crippen LogP contribution >= 0.6 is 0 Å². The fourth-order valence-corrected chi connectivity index (χ4v) is 1.67. The smallest absolute Gasteiger partial charge is 0.373 e. The topological polar surface area (TPSA) is 54.0 Å². The standard InChI is InChI=1S/C14H12F3N3O/c1-18-12-7-3-6-11(20-12)13(21)19-10-5-2-4-9(8-10)14(15,16)17/h2-8H,1H3,(H,18,20)(H,19,21). The average molecular weight is 295 g/mol. The SMILES string of the molecule is CNc1cccc(C(=O)Nc2cccc(C(F)(F)F)c2)n1. The monoisotopic (exact) mass is 295 g/mol. The van der Waals surface area contributed by atoms with Crippen molar-refractivity contribution in [3.63, 3.8) is 0 Å². The van der Waals surface area contributed by atoms with E-state index in [9.17, 15) is 18.0 Å². The number of benzene rings is 1. The zero-order chi connectivity index (χ0) is 15.5. The van der Waals surface area contributed by atoms with Crippen molar-refractivity contribution in [3.05, 3.63) is 53.7 Å². The molecular formula is C14H12F3N3O. The van der Waals surface area contributed by atoms with Crippen LogP contribution in [0.2, 0.25) is 0 Å². The van der Waals surface area contributed by atoms with E-state index in [1.165, 1.54) is 18.2 Å². The summed E-state index contributed by atoms with van der Waals surface area (Å²) in [6.45, 7) is 0. The average Bonchev–Trinajstić information content (AvgIpc) is 2.46. The van der Waals surface area contributed by atoms with Crippen molar-refractivity contribution in [2.45, 2.75) is 6.18 Å². The summed E-state index contributed by atoms with van der Waals surface area (Å²) in [7, 11) is 1.65. The van der Waals surface area contributed by atoms with E-state index in [4.69, 9.17) is 0 Å². The molecule has 1 aromatic heterocycles. The van der Waals surface area contributed by atoms with Gasteiger partial charge in [-0.1, -0.05) is 12.1 Å². The van der Waals surface area contributed by atoms with Crippen molar-refractivity contribution in [2.24, 2.45) is 0 Å². The van der Waals surface area contributed by atoms with Crippen LogP contribution < -0.4 is 10.6 Å². The van der Waals surface area contributed by atoms with E-state index in [1.54, 1.807) is 19.2 Å². The summed E-state index contributed by atoms with van der Waals surface area (Å²) in [6.07, 6.45) is -4.45. The number of amides is 1. The molecule has 7 heteroatoms. The zero-order valence-corrected chi connectivity index (χ0v) is 11.0. The van der Waals surface area contributed by atoms with Crippen molar-refractivity contribution in [2.75, 3.05) is 17.7 Å². The number of rotatable bonds is 3. The van der Waals surface area contributed by atoms with Gasteiger partial charge in [0.2, 0.25) is 0 Å². The van der Waals surface area contributed by atoms with E-state index >= 15 is 0 Å². The van der Waals surface area contributed by atoms with Gasteiger partial charge in [-0.2, -0.15) is 13.2 Å². The number of carbonyl (C=O) groups is 1. The predicted molar refractivity (Wildman–Crippen MR) is 73.2 cm³/mol. The molecule has 0 fully saturated rings. The molecule has 0 radical (unpaired) electrons. The number of pyridine rings is 1. The van der Waals surface area contributed by atoms with Crippen LogP contribution in [0.15, 0.2) is 42.5 Å². The molecule has 0 atom stereocenters. The highest BCUT2D eigenvalue weighted by Crippen LogP contribution is 2.30. The number of hydrogen-bond acceptors (Lipinski definition) is 3. The molecule has 0 saturated heterocycles. The van der Waals surface area contributed by atoms with Gasteiger partial charge in [-0.3, -0.25) is 4.79 Å². The van der Waals surface area contributed by atoms with Crippen LogP contribution in [-0.2, 0) is 6.18 Å². The van der Waals surface area contributed by atoms with Crippen molar-refractivity contribution in [1.82, 2.24) is 4.98 Å². The number of nitrogens with zero attached hydrogens (tertiary/aromatic N) is 1. The lowest BCUT2D eigenvalue weighted by Gasteiger charge is -2.10. The Bertz CT molecular complexity index is 656. The maximum atomic E-state index is 12.6. The number of anilines is 2. The second-order valence-electron chi connectivity index (χ2n) is 4.19. The molecule has 1 heterocycles. The Morgan fingerprint density at radius 1 is 1.14 bits per heavy atom. The van der Waals surface area contributed by atoms with Gasteiger partial charge >= 0.3 is 6.18 Å².